The number of aliphatic imine (C=N–C) groups is 1. The third-order valence-corrected chi connectivity index (χ3v) is 6.47. The van der Waals surface area contributed by atoms with Crippen LogP contribution < -0.4 is 4.74 Å². The normalized spacial score (nSPS) is 21.8. The summed E-state index contributed by atoms with van der Waals surface area (Å²) in [7, 11) is 3.37. The molecule has 3 aliphatic rings. The van der Waals surface area contributed by atoms with Crippen molar-refractivity contribution in [1.29, 1.82) is 0 Å². The van der Waals surface area contributed by atoms with Gasteiger partial charge in [-0.15, -0.1) is 0 Å². The highest BCUT2D eigenvalue weighted by Gasteiger charge is 2.54. The molecular weight excluding hydrogens is 418 g/mol. The summed E-state index contributed by atoms with van der Waals surface area (Å²) in [6, 6.07) is 16.9. The van der Waals surface area contributed by atoms with E-state index in [-0.39, 0.29) is 11.9 Å². The molecule has 5 rings (SSSR count). The van der Waals surface area contributed by atoms with Crippen molar-refractivity contribution >= 4 is 17.9 Å². The summed E-state index contributed by atoms with van der Waals surface area (Å²) < 4.78 is 5.25. The summed E-state index contributed by atoms with van der Waals surface area (Å²) in [6.07, 6.45) is 2.05. The van der Waals surface area contributed by atoms with Crippen LogP contribution in [-0.4, -0.2) is 70.4 Å². The highest BCUT2D eigenvalue weighted by atomic mass is 16.5. The second-order valence-corrected chi connectivity index (χ2v) is 8.52. The van der Waals surface area contributed by atoms with Gasteiger partial charge in [0.2, 0.25) is 5.96 Å². The van der Waals surface area contributed by atoms with Gasteiger partial charge in [-0.3, -0.25) is 9.69 Å². The van der Waals surface area contributed by atoms with E-state index >= 15 is 0 Å². The van der Waals surface area contributed by atoms with Gasteiger partial charge in [0.15, 0.2) is 12.2 Å². The average Bonchev–Trinajstić information content (AvgIpc) is 3.34. The first kappa shape index (κ1) is 21.1. The number of rotatable bonds is 6. The van der Waals surface area contributed by atoms with Gasteiger partial charge in [-0.2, -0.15) is 0 Å². The summed E-state index contributed by atoms with van der Waals surface area (Å²) in [5.74, 6) is 1.31. The predicted molar refractivity (Wildman–Crippen MR) is 124 cm³/mol. The SMILES string of the molecule is COc1ccc(CN2C(C)=CN3C2=NC2C3C(=O)N(CCc3ccccc3)C(=O)N2C)cc1. The molecule has 3 aliphatic heterocycles. The minimum absolute atomic E-state index is 0.201. The standard InChI is InChI=1S/C25H27N5O3/c1-17-15-30-21-22(26-24(30)29(17)16-19-9-11-20(33-3)12-10-19)27(2)25(32)28(23(21)31)14-13-18-7-5-4-6-8-18/h4-12,15,21-22H,13-14,16H2,1-3H3. The van der Waals surface area contributed by atoms with Crippen LogP contribution in [0.2, 0.25) is 0 Å². The number of nitrogens with zero attached hydrogens (tertiary/aromatic N) is 5. The lowest BCUT2D eigenvalue weighted by molar-refractivity contribution is -0.136. The van der Waals surface area contributed by atoms with Crippen LogP contribution >= 0.6 is 0 Å². The molecular formula is C25H27N5O3. The van der Waals surface area contributed by atoms with Crippen LogP contribution in [-0.2, 0) is 17.8 Å². The summed E-state index contributed by atoms with van der Waals surface area (Å²) >= 11 is 0. The van der Waals surface area contributed by atoms with Crippen molar-refractivity contribution in [3.8, 4) is 5.75 Å². The number of likely N-dealkylation sites (N-methyl/N-ethyl adjacent to an activating group) is 1. The zero-order valence-electron chi connectivity index (χ0n) is 19.0. The highest BCUT2D eigenvalue weighted by Crippen LogP contribution is 2.34. The fourth-order valence-corrected chi connectivity index (χ4v) is 4.60. The van der Waals surface area contributed by atoms with Crippen LogP contribution in [0.15, 0.2) is 71.5 Å². The van der Waals surface area contributed by atoms with E-state index in [4.69, 9.17) is 9.73 Å². The molecule has 2 unspecified atom stereocenters. The van der Waals surface area contributed by atoms with Crippen LogP contribution in [0.3, 0.4) is 0 Å². The Labute approximate surface area is 193 Å². The van der Waals surface area contributed by atoms with Gasteiger partial charge in [-0.1, -0.05) is 42.5 Å². The lowest BCUT2D eigenvalue weighted by atomic mass is 10.1. The van der Waals surface area contributed by atoms with E-state index < -0.39 is 12.2 Å². The molecule has 3 heterocycles. The highest BCUT2D eigenvalue weighted by molar-refractivity contribution is 6.04. The van der Waals surface area contributed by atoms with Gasteiger partial charge in [-0.25, -0.2) is 9.79 Å². The molecule has 8 heteroatoms. The van der Waals surface area contributed by atoms with E-state index in [1.54, 1.807) is 19.1 Å². The van der Waals surface area contributed by atoms with Crippen LogP contribution in [0, 0.1) is 0 Å². The number of imide groups is 1. The molecule has 0 saturated carbocycles. The van der Waals surface area contributed by atoms with E-state index in [1.165, 1.54) is 4.90 Å². The summed E-state index contributed by atoms with van der Waals surface area (Å²) in [5, 5.41) is 0. The number of allylic oxidation sites excluding steroid dienone is 1. The van der Waals surface area contributed by atoms with E-state index in [2.05, 4.69) is 4.90 Å². The molecule has 2 aromatic carbocycles. The van der Waals surface area contributed by atoms with Crippen molar-refractivity contribution in [2.45, 2.75) is 32.1 Å². The zero-order valence-corrected chi connectivity index (χ0v) is 19.0. The predicted octanol–water partition coefficient (Wildman–Crippen LogP) is 2.88. The molecule has 3 amide bonds. The Balaban J connectivity index is 1.36. The topological polar surface area (TPSA) is 68.7 Å². The lowest BCUT2D eigenvalue weighted by Crippen LogP contribution is -2.64. The number of carbonyl (C=O) groups is 2. The minimum atomic E-state index is -0.547. The number of fused-ring (bicyclic) bond motifs is 3. The Morgan fingerprint density at radius 1 is 0.970 bits per heavy atom. The third kappa shape index (κ3) is 3.61. The Kier molecular flexibility index (Phi) is 5.28. The monoisotopic (exact) mass is 445 g/mol. The number of hydrogen-bond donors (Lipinski definition) is 0. The van der Waals surface area contributed by atoms with Crippen LogP contribution in [0.25, 0.3) is 0 Å². The number of amides is 3. The molecule has 2 atom stereocenters. The average molecular weight is 446 g/mol. The van der Waals surface area contributed by atoms with Gasteiger partial charge in [0.1, 0.15) is 5.75 Å². The molecule has 0 bridgehead atoms. The van der Waals surface area contributed by atoms with Crippen molar-refractivity contribution in [1.82, 2.24) is 19.6 Å². The fraction of sp³-hybridized carbons (Fsp3) is 0.320. The van der Waals surface area contributed by atoms with Crippen molar-refractivity contribution in [3.05, 3.63) is 77.6 Å². The molecule has 0 aliphatic carbocycles. The van der Waals surface area contributed by atoms with Gasteiger partial charge in [0, 0.05) is 25.5 Å². The van der Waals surface area contributed by atoms with Gasteiger partial charge < -0.3 is 19.4 Å². The molecule has 1 fully saturated rings. The molecule has 0 N–H and O–H groups in total. The molecule has 2 aromatic rings. The first-order valence-electron chi connectivity index (χ1n) is 11.0. The Morgan fingerprint density at radius 3 is 2.39 bits per heavy atom. The third-order valence-electron chi connectivity index (χ3n) is 6.47. The smallest absolute Gasteiger partial charge is 0.328 e. The Bertz CT molecular complexity index is 1130. The summed E-state index contributed by atoms with van der Waals surface area (Å²) in [6.45, 7) is 2.97. The quantitative estimate of drug-likeness (QED) is 0.684. The molecule has 0 aromatic heterocycles. The van der Waals surface area contributed by atoms with Crippen molar-refractivity contribution in [2.75, 3.05) is 20.7 Å². The van der Waals surface area contributed by atoms with Gasteiger partial charge in [0.25, 0.3) is 5.91 Å². The summed E-state index contributed by atoms with van der Waals surface area (Å²) in [5.41, 5.74) is 3.20. The van der Waals surface area contributed by atoms with Crippen molar-refractivity contribution in [3.63, 3.8) is 0 Å². The van der Waals surface area contributed by atoms with E-state index in [1.807, 2.05) is 72.6 Å². The van der Waals surface area contributed by atoms with Gasteiger partial charge in [-0.05, 0) is 36.6 Å². The zero-order chi connectivity index (χ0) is 23.1. The molecule has 170 valence electrons. The van der Waals surface area contributed by atoms with Crippen molar-refractivity contribution < 1.29 is 14.3 Å². The van der Waals surface area contributed by atoms with E-state index in [0.29, 0.717) is 25.5 Å². The Hall–Kier alpha value is -3.81. The van der Waals surface area contributed by atoms with Crippen LogP contribution in [0.5, 0.6) is 5.75 Å². The Morgan fingerprint density at radius 2 is 1.70 bits per heavy atom. The molecule has 0 spiro atoms. The number of benzene rings is 2. The number of carbonyl (C=O) groups excluding carboxylic acids is 2. The number of methoxy groups -OCH3 is 1. The number of hydrogen-bond acceptors (Lipinski definition) is 6. The maximum atomic E-state index is 13.5. The van der Waals surface area contributed by atoms with E-state index in [0.717, 1.165) is 22.6 Å². The number of ether oxygens (including phenoxy) is 1. The molecule has 0 radical (unpaired) electrons. The second kappa shape index (κ2) is 8.27. The van der Waals surface area contributed by atoms with Gasteiger partial charge in [0.05, 0.1) is 13.7 Å². The van der Waals surface area contributed by atoms with Crippen LogP contribution in [0.1, 0.15) is 18.1 Å². The van der Waals surface area contributed by atoms with E-state index in [9.17, 15) is 9.59 Å². The number of guanidine groups is 1. The van der Waals surface area contributed by atoms with Crippen molar-refractivity contribution in [2.24, 2.45) is 4.99 Å². The first-order valence-corrected chi connectivity index (χ1v) is 11.0. The maximum absolute atomic E-state index is 13.5. The maximum Gasteiger partial charge on any atom is 0.328 e. The molecule has 1 saturated heterocycles. The summed E-state index contributed by atoms with van der Waals surface area (Å²) in [4.78, 5) is 38.3. The van der Waals surface area contributed by atoms with Gasteiger partial charge >= 0.3 is 6.03 Å². The van der Waals surface area contributed by atoms with Crippen LogP contribution in [0.4, 0.5) is 4.79 Å². The minimum Gasteiger partial charge on any atom is -0.497 e. The lowest BCUT2D eigenvalue weighted by Gasteiger charge is -2.40. The first-order chi connectivity index (χ1) is 16.0. The molecule has 33 heavy (non-hydrogen) atoms. The second-order valence-electron chi connectivity index (χ2n) is 8.52. The number of urea groups is 1. The fourth-order valence-electron chi connectivity index (χ4n) is 4.60. The molecule has 8 nitrogen and oxygen atoms in total. The largest absolute Gasteiger partial charge is 0.497 e.